The summed E-state index contributed by atoms with van der Waals surface area (Å²) in [6.45, 7) is 2.69. The van der Waals surface area contributed by atoms with E-state index < -0.39 is 24.2 Å². The summed E-state index contributed by atoms with van der Waals surface area (Å²) >= 11 is 0. The zero-order valence-electron chi connectivity index (χ0n) is 36.4. The van der Waals surface area contributed by atoms with Crippen LogP contribution in [0.2, 0.25) is 0 Å². The maximum absolute atomic E-state index is 13.0. The van der Waals surface area contributed by atoms with Crippen LogP contribution in [0.1, 0.15) is 43.0 Å². The quantitative estimate of drug-likeness (QED) is 0.0878. The van der Waals surface area contributed by atoms with Gasteiger partial charge in [0.1, 0.15) is 12.1 Å². The number of carbonyl (C=O) groups excluding carboxylic acids is 3. The molecule has 0 aliphatic carbocycles. The summed E-state index contributed by atoms with van der Waals surface area (Å²) in [5.41, 5.74) is 8.71. The molecule has 0 aromatic heterocycles. The van der Waals surface area contributed by atoms with E-state index in [4.69, 9.17) is 48.4 Å². The van der Waals surface area contributed by atoms with Crippen LogP contribution in [0, 0.1) is 0 Å². The van der Waals surface area contributed by atoms with Gasteiger partial charge >= 0.3 is 6.09 Å². The number of carbonyl (C=O) groups is 3. The number of nitrogens with one attached hydrogen (secondary N) is 1. The molecule has 0 bridgehead atoms. The molecule has 4 aromatic rings. The van der Waals surface area contributed by atoms with Crippen molar-refractivity contribution >= 4 is 29.3 Å². The molecule has 0 spiro atoms. The normalized spacial score (nSPS) is 17.6. The van der Waals surface area contributed by atoms with E-state index in [2.05, 4.69) is 17.0 Å². The van der Waals surface area contributed by atoms with Crippen LogP contribution >= 0.6 is 0 Å². The highest BCUT2D eigenvalue weighted by molar-refractivity contribution is 6.08. The zero-order valence-corrected chi connectivity index (χ0v) is 36.4. The van der Waals surface area contributed by atoms with Gasteiger partial charge in [0, 0.05) is 24.3 Å². The number of ether oxygens (including phenoxy) is 10. The number of hydrogen-bond donors (Lipinski definition) is 3. The molecule has 0 unspecified atom stereocenters. The third kappa shape index (κ3) is 9.05. The highest BCUT2D eigenvalue weighted by Gasteiger charge is 2.51. The van der Waals surface area contributed by atoms with Gasteiger partial charge in [-0.05, 0) is 41.8 Å². The Morgan fingerprint density at radius 1 is 0.613 bits per heavy atom. The molecule has 334 valence electrons. The Morgan fingerprint density at radius 2 is 1.08 bits per heavy atom. The minimum Gasteiger partial charge on any atom is -0.504 e. The van der Waals surface area contributed by atoms with E-state index in [0.29, 0.717) is 69.5 Å². The van der Waals surface area contributed by atoms with Gasteiger partial charge in [0.05, 0.1) is 94.1 Å². The van der Waals surface area contributed by atoms with Gasteiger partial charge < -0.3 is 73.3 Å². The molecule has 4 atom stereocenters. The second-order valence-electron chi connectivity index (χ2n) is 13.8. The van der Waals surface area contributed by atoms with Crippen molar-refractivity contribution in [3.8, 4) is 57.5 Å². The number of phenolic OH excluding ortho intramolecular Hbond substituents is 1. The van der Waals surface area contributed by atoms with Crippen LogP contribution in [-0.4, -0.2) is 106 Å². The fraction of sp³-hybridized carbons (Fsp3) is 0.386. The lowest BCUT2D eigenvalue weighted by Crippen LogP contribution is -2.66. The Balaban J connectivity index is 0.000000234. The van der Waals surface area contributed by atoms with Crippen LogP contribution in [-0.2, 0) is 14.3 Å². The minimum absolute atomic E-state index is 0.0963. The first-order valence-electron chi connectivity index (χ1n) is 19.4. The SMILES string of the molecule is CCCCOc1cc([C@H]2[C@H](N)C(=O)N2c2cc(OC)c(OC)c(OC)c2)ccc1OC.COC(=O)N[C@@H]1C(=O)N(c2cc(OC)c(OC)c(OC)c2)[C@H]1c1ccc(OC)c(O)c1. The predicted octanol–water partition coefficient (Wildman–Crippen LogP) is 5.55. The molecule has 18 heteroatoms. The van der Waals surface area contributed by atoms with Crippen LogP contribution in [0.3, 0.4) is 0 Å². The Bertz CT molecular complexity index is 2190. The highest BCUT2D eigenvalue weighted by Crippen LogP contribution is 2.49. The van der Waals surface area contributed by atoms with Crippen LogP contribution in [0.4, 0.5) is 16.2 Å². The first kappa shape index (κ1) is 46.1. The van der Waals surface area contributed by atoms with Crippen molar-refractivity contribution in [2.75, 3.05) is 80.4 Å². The van der Waals surface area contributed by atoms with Crippen LogP contribution < -0.4 is 63.5 Å². The molecule has 6 rings (SSSR count). The van der Waals surface area contributed by atoms with Crippen molar-refractivity contribution < 1.29 is 66.9 Å². The third-order valence-electron chi connectivity index (χ3n) is 10.4. The largest absolute Gasteiger partial charge is 0.504 e. The van der Waals surface area contributed by atoms with Gasteiger partial charge in [-0.15, -0.1) is 0 Å². The molecule has 2 saturated heterocycles. The van der Waals surface area contributed by atoms with Crippen molar-refractivity contribution in [3.63, 3.8) is 0 Å². The number of nitrogens with two attached hydrogens (primary N) is 1. The summed E-state index contributed by atoms with van der Waals surface area (Å²) in [4.78, 5) is 40.7. The maximum atomic E-state index is 13.0. The molecule has 18 nitrogen and oxygen atoms in total. The van der Waals surface area contributed by atoms with Crippen LogP contribution in [0.25, 0.3) is 0 Å². The van der Waals surface area contributed by atoms with E-state index in [-0.39, 0.29) is 29.4 Å². The zero-order chi connectivity index (χ0) is 45.2. The molecule has 2 aliphatic heterocycles. The number of rotatable bonds is 17. The van der Waals surface area contributed by atoms with Crippen molar-refractivity contribution in [2.24, 2.45) is 5.73 Å². The van der Waals surface area contributed by atoms with Crippen molar-refractivity contribution in [3.05, 3.63) is 71.8 Å². The molecular formula is C44H54N4O14. The van der Waals surface area contributed by atoms with E-state index >= 15 is 0 Å². The molecule has 0 saturated carbocycles. The van der Waals surface area contributed by atoms with Gasteiger partial charge in [0.25, 0.3) is 5.91 Å². The molecule has 3 amide bonds. The molecule has 2 fully saturated rings. The molecule has 2 heterocycles. The number of nitrogens with zero attached hydrogens (tertiary/aromatic N) is 2. The van der Waals surface area contributed by atoms with Gasteiger partial charge in [-0.1, -0.05) is 25.5 Å². The van der Waals surface area contributed by atoms with Gasteiger partial charge in [0.2, 0.25) is 17.4 Å². The summed E-state index contributed by atoms with van der Waals surface area (Å²) in [7, 11) is 13.3. The summed E-state index contributed by atoms with van der Waals surface area (Å²) in [5.74, 6) is 3.38. The first-order valence-corrected chi connectivity index (χ1v) is 19.4. The highest BCUT2D eigenvalue weighted by atomic mass is 16.5. The Kier molecular flexibility index (Phi) is 15.3. The minimum atomic E-state index is -0.903. The lowest BCUT2D eigenvalue weighted by molar-refractivity contribution is -0.127. The number of hydrogen-bond acceptors (Lipinski definition) is 15. The average molecular weight is 863 g/mol. The third-order valence-corrected chi connectivity index (χ3v) is 10.4. The van der Waals surface area contributed by atoms with E-state index in [1.165, 1.54) is 67.8 Å². The lowest BCUT2D eigenvalue weighted by atomic mass is 9.87. The molecule has 4 aromatic carbocycles. The van der Waals surface area contributed by atoms with Gasteiger partial charge in [-0.2, -0.15) is 0 Å². The Labute approximate surface area is 360 Å². The summed E-state index contributed by atoms with van der Waals surface area (Å²) < 4.78 is 53.4. The fourth-order valence-electron chi connectivity index (χ4n) is 7.22. The average Bonchev–Trinajstić information content (AvgIpc) is 3.30. The number of methoxy groups -OCH3 is 9. The molecule has 62 heavy (non-hydrogen) atoms. The summed E-state index contributed by atoms with van der Waals surface area (Å²) in [6, 6.07) is 14.5. The summed E-state index contributed by atoms with van der Waals surface area (Å²) in [6.07, 6.45) is 1.22. The number of phenols is 1. The first-order chi connectivity index (χ1) is 29.9. The standard InChI is InChI=1S/C23H30N2O6.C21H24N2O8/c1-6-7-10-31-17-11-14(8-9-16(17)27-2)21-20(24)23(26)25(21)15-12-18(28-3)22(30-5)19(13-15)29-4;1-27-14-7-6-11(8-13(14)24)18-17(22-21(26)31-5)20(25)23(18)12-9-15(28-2)19(30-4)16(10-12)29-3/h8-9,11-13,20-21H,6-7,10,24H2,1-5H3;6-10,17-18,24H,1-5H3,(H,22,26)/t20-,21-;17-,18-/m00/s1. The van der Waals surface area contributed by atoms with E-state index in [1.54, 1.807) is 48.4 Å². The Hall–Kier alpha value is -6.95. The molecule has 4 N–H and O–H groups in total. The fourth-order valence-corrected chi connectivity index (χ4v) is 7.22. The number of alkyl carbamates (subject to hydrolysis) is 1. The predicted molar refractivity (Wildman–Crippen MR) is 228 cm³/mol. The maximum Gasteiger partial charge on any atom is 0.407 e. The van der Waals surface area contributed by atoms with Gasteiger partial charge in [-0.25, -0.2) is 4.79 Å². The Morgan fingerprint density at radius 3 is 1.52 bits per heavy atom. The number of aromatic hydroxyl groups is 1. The van der Waals surface area contributed by atoms with Crippen molar-refractivity contribution in [1.82, 2.24) is 5.32 Å². The lowest BCUT2D eigenvalue weighted by Gasteiger charge is -2.47. The number of benzene rings is 4. The number of unbranched alkanes of at least 4 members (excludes halogenated alkanes) is 1. The van der Waals surface area contributed by atoms with Crippen molar-refractivity contribution in [2.45, 2.75) is 43.9 Å². The monoisotopic (exact) mass is 862 g/mol. The second kappa shape index (κ2) is 20.5. The number of β-lactam (4-membered cyclic amide) rings is 2. The second-order valence-corrected chi connectivity index (χ2v) is 13.8. The summed E-state index contributed by atoms with van der Waals surface area (Å²) in [5, 5.41) is 12.8. The van der Waals surface area contributed by atoms with E-state index in [9.17, 15) is 19.5 Å². The topological polar surface area (TPSA) is 208 Å². The van der Waals surface area contributed by atoms with Crippen LogP contribution in [0.15, 0.2) is 60.7 Å². The van der Waals surface area contributed by atoms with E-state index in [1.807, 2.05) is 18.2 Å². The number of amides is 3. The molecule has 0 radical (unpaired) electrons. The molecule has 2 aliphatic rings. The van der Waals surface area contributed by atoms with E-state index in [0.717, 1.165) is 18.4 Å². The van der Waals surface area contributed by atoms with Gasteiger partial charge in [0.15, 0.2) is 46.0 Å². The van der Waals surface area contributed by atoms with Crippen LogP contribution in [0.5, 0.6) is 57.5 Å². The smallest absolute Gasteiger partial charge is 0.407 e. The number of anilines is 2. The molecular weight excluding hydrogens is 808 g/mol. The van der Waals surface area contributed by atoms with Gasteiger partial charge in [-0.3, -0.25) is 9.59 Å². The van der Waals surface area contributed by atoms with Crippen molar-refractivity contribution in [1.29, 1.82) is 0 Å².